The molecular weight excluding hydrogens is 537 g/mol. The first kappa shape index (κ1) is 29.6. The van der Waals surface area contributed by atoms with Crippen LogP contribution in [0.2, 0.25) is 5.02 Å². The summed E-state index contributed by atoms with van der Waals surface area (Å²) >= 11 is 6.36. The number of H-pyrrole nitrogens is 1. The number of anilines is 2. The lowest BCUT2D eigenvalue weighted by Crippen LogP contribution is -2.21. The molecule has 2 aromatic heterocycles. The van der Waals surface area contributed by atoms with Crippen molar-refractivity contribution in [3.05, 3.63) is 81.2 Å². The Hall–Kier alpha value is -4.00. The van der Waals surface area contributed by atoms with Gasteiger partial charge in [-0.3, -0.25) is 9.59 Å². The minimum absolute atomic E-state index is 0.0418. The molecule has 0 radical (unpaired) electrons. The molecule has 4 N–H and O–H groups in total. The number of nitrogens with zero attached hydrogens (tertiary/aromatic N) is 3. The summed E-state index contributed by atoms with van der Waals surface area (Å²) in [5.74, 6) is -0.235. The maximum Gasteiger partial charge on any atom is 0.416 e. The molecule has 0 bridgehead atoms. The van der Waals surface area contributed by atoms with E-state index < -0.39 is 23.2 Å². The van der Waals surface area contributed by atoms with Gasteiger partial charge in [0.2, 0.25) is 5.95 Å². The molecule has 0 aliphatic rings. The summed E-state index contributed by atoms with van der Waals surface area (Å²) in [7, 11) is 4.89. The van der Waals surface area contributed by atoms with E-state index in [1.165, 1.54) is 18.2 Å². The Kier molecular flexibility index (Phi) is 9.62. The third-order valence-corrected chi connectivity index (χ3v) is 5.75. The van der Waals surface area contributed by atoms with Gasteiger partial charge in [0.05, 0.1) is 5.56 Å². The highest BCUT2D eigenvalue weighted by Crippen LogP contribution is 2.31. The highest BCUT2D eigenvalue weighted by molar-refractivity contribution is 6.33. The van der Waals surface area contributed by atoms with E-state index in [1.54, 1.807) is 12.3 Å². The molecular formula is C26H26ClF3N6O3. The minimum atomic E-state index is -4.50. The van der Waals surface area contributed by atoms with Crippen molar-refractivity contribution in [2.75, 3.05) is 44.9 Å². The average Bonchev–Trinajstić information content (AvgIpc) is 2.90. The number of likely N-dealkylation sites (N-methyl/N-ethyl adjacent to an activating group) is 1. The third-order valence-electron chi connectivity index (χ3n) is 5.42. The fourth-order valence-electron chi connectivity index (χ4n) is 3.49. The second-order valence-corrected chi connectivity index (χ2v) is 8.87. The van der Waals surface area contributed by atoms with Gasteiger partial charge >= 0.3 is 6.18 Å². The van der Waals surface area contributed by atoms with Crippen LogP contribution in [0.5, 0.6) is 0 Å². The third kappa shape index (κ3) is 7.53. The minimum Gasteiger partial charge on any atom is -0.400 e. The standard InChI is InChI=1S/C25H22ClF3N6O2.CH4O/c1-35(2)10-9-30-24-31-13-15-11-19(23(37)33-21(15)34-24)18-12-17(7-8-20(18)26)32-22(36)14-3-5-16(6-4-14)25(27,28)29;1-2/h3-8,11-13H,9-10H2,1-2H3,(H,32,36)(H2,30,31,33,34,37);2H,1H3. The van der Waals surface area contributed by atoms with Crippen molar-refractivity contribution in [2.24, 2.45) is 0 Å². The van der Waals surface area contributed by atoms with Gasteiger partial charge < -0.3 is 25.6 Å². The summed E-state index contributed by atoms with van der Waals surface area (Å²) in [4.78, 5) is 38.8. The lowest BCUT2D eigenvalue weighted by Gasteiger charge is -2.12. The average molecular weight is 563 g/mol. The first-order valence-corrected chi connectivity index (χ1v) is 11.9. The van der Waals surface area contributed by atoms with Crippen LogP contribution in [0.25, 0.3) is 22.2 Å². The highest BCUT2D eigenvalue weighted by atomic mass is 35.5. The largest absolute Gasteiger partial charge is 0.416 e. The van der Waals surface area contributed by atoms with Gasteiger partial charge in [-0.15, -0.1) is 0 Å². The second-order valence-electron chi connectivity index (χ2n) is 8.46. The van der Waals surface area contributed by atoms with Crippen LogP contribution in [-0.4, -0.2) is 65.2 Å². The Balaban J connectivity index is 0.00000205. The fraction of sp³-hybridized carbons (Fsp3) is 0.231. The number of pyridine rings is 1. The maximum absolute atomic E-state index is 12.9. The number of carbonyl (C=O) groups excluding carboxylic acids is 1. The number of hydrogen-bond acceptors (Lipinski definition) is 7. The van der Waals surface area contributed by atoms with Crippen molar-refractivity contribution >= 4 is 40.2 Å². The Bertz CT molecular complexity index is 1510. The first-order valence-electron chi connectivity index (χ1n) is 11.5. The van der Waals surface area contributed by atoms with Gasteiger partial charge in [0.25, 0.3) is 11.5 Å². The van der Waals surface area contributed by atoms with Crippen LogP contribution in [0.1, 0.15) is 15.9 Å². The zero-order chi connectivity index (χ0) is 28.7. The topological polar surface area (TPSA) is 123 Å². The second kappa shape index (κ2) is 12.7. The van der Waals surface area contributed by atoms with Crippen molar-refractivity contribution in [2.45, 2.75) is 6.18 Å². The number of benzene rings is 2. The molecule has 206 valence electrons. The fourth-order valence-corrected chi connectivity index (χ4v) is 3.71. The molecule has 4 aromatic rings. The predicted octanol–water partition coefficient (Wildman–Crippen LogP) is 4.49. The number of aliphatic hydroxyl groups excluding tert-OH is 1. The number of alkyl halides is 3. The van der Waals surface area contributed by atoms with E-state index in [2.05, 4.69) is 25.6 Å². The summed E-state index contributed by atoms with van der Waals surface area (Å²) in [5.41, 5.74) is -0.0182. The molecule has 13 heteroatoms. The Morgan fingerprint density at radius 2 is 1.77 bits per heavy atom. The van der Waals surface area contributed by atoms with E-state index in [1.807, 2.05) is 19.0 Å². The molecule has 0 unspecified atom stereocenters. The molecule has 0 atom stereocenters. The van der Waals surface area contributed by atoms with Crippen molar-refractivity contribution < 1.29 is 23.1 Å². The molecule has 0 aliphatic carbocycles. The van der Waals surface area contributed by atoms with Gasteiger partial charge in [0.15, 0.2) is 0 Å². The Morgan fingerprint density at radius 3 is 2.41 bits per heavy atom. The first-order chi connectivity index (χ1) is 18.5. The maximum atomic E-state index is 12.9. The van der Waals surface area contributed by atoms with Crippen molar-refractivity contribution in [3.8, 4) is 11.1 Å². The molecule has 2 heterocycles. The molecule has 0 aliphatic heterocycles. The summed E-state index contributed by atoms with van der Waals surface area (Å²) < 4.78 is 38.3. The number of hydrogen-bond donors (Lipinski definition) is 4. The molecule has 4 rings (SSSR count). The molecule has 9 nitrogen and oxygen atoms in total. The van der Waals surface area contributed by atoms with E-state index >= 15 is 0 Å². The Morgan fingerprint density at radius 1 is 1.08 bits per heavy atom. The van der Waals surface area contributed by atoms with Crippen LogP contribution in [0.3, 0.4) is 0 Å². The van der Waals surface area contributed by atoms with Crippen molar-refractivity contribution in [3.63, 3.8) is 0 Å². The van der Waals surface area contributed by atoms with E-state index in [9.17, 15) is 22.8 Å². The molecule has 1 amide bonds. The van der Waals surface area contributed by atoms with Crippen LogP contribution in [-0.2, 0) is 6.18 Å². The SMILES string of the molecule is CN(C)CCNc1ncc2cc(-c3cc(NC(=O)c4ccc(C(F)(F)F)cc4)ccc3Cl)c(=O)[nH]c2n1.CO. The van der Waals surface area contributed by atoms with Crippen LogP contribution < -0.4 is 16.2 Å². The van der Waals surface area contributed by atoms with E-state index in [0.717, 1.165) is 37.9 Å². The number of aromatic amines is 1. The van der Waals surface area contributed by atoms with Gasteiger partial charge in [0, 0.05) is 59.2 Å². The number of halogens is 4. The molecule has 0 fully saturated rings. The normalized spacial score (nSPS) is 11.2. The molecule has 0 saturated carbocycles. The molecule has 2 aromatic carbocycles. The summed E-state index contributed by atoms with van der Waals surface area (Å²) in [5, 5.41) is 13.5. The number of amides is 1. The molecule has 0 spiro atoms. The van der Waals surface area contributed by atoms with Gasteiger partial charge in [0.1, 0.15) is 5.65 Å². The predicted molar refractivity (Wildman–Crippen MR) is 145 cm³/mol. The van der Waals surface area contributed by atoms with Gasteiger partial charge in [-0.25, -0.2) is 4.98 Å². The number of carbonyl (C=O) groups is 1. The van der Waals surface area contributed by atoms with E-state index in [0.29, 0.717) is 34.8 Å². The highest BCUT2D eigenvalue weighted by Gasteiger charge is 2.30. The van der Waals surface area contributed by atoms with Crippen molar-refractivity contribution in [1.29, 1.82) is 0 Å². The number of rotatable bonds is 7. The number of aliphatic hydroxyl groups is 1. The summed E-state index contributed by atoms with van der Waals surface area (Å²) in [6, 6.07) is 10.00. The zero-order valence-electron chi connectivity index (χ0n) is 21.2. The number of nitrogens with one attached hydrogen (secondary N) is 3. The smallest absolute Gasteiger partial charge is 0.400 e. The monoisotopic (exact) mass is 562 g/mol. The van der Waals surface area contributed by atoms with E-state index in [4.69, 9.17) is 16.7 Å². The van der Waals surface area contributed by atoms with Gasteiger partial charge in [-0.1, -0.05) is 11.6 Å². The van der Waals surface area contributed by atoms with Crippen LogP contribution in [0.15, 0.2) is 59.5 Å². The number of fused-ring (bicyclic) bond motifs is 1. The Labute approximate surface area is 226 Å². The van der Waals surface area contributed by atoms with Gasteiger partial charge in [-0.2, -0.15) is 18.2 Å². The lowest BCUT2D eigenvalue weighted by atomic mass is 10.1. The lowest BCUT2D eigenvalue weighted by molar-refractivity contribution is -0.137. The van der Waals surface area contributed by atoms with Crippen LogP contribution in [0.4, 0.5) is 24.8 Å². The zero-order valence-corrected chi connectivity index (χ0v) is 22.0. The summed E-state index contributed by atoms with van der Waals surface area (Å²) in [6.07, 6.45) is -2.92. The molecule has 39 heavy (non-hydrogen) atoms. The van der Waals surface area contributed by atoms with Crippen molar-refractivity contribution in [1.82, 2.24) is 19.9 Å². The quantitative estimate of drug-likeness (QED) is 0.262. The van der Waals surface area contributed by atoms with Crippen LogP contribution in [0, 0.1) is 0 Å². The number of aromatic nitrogens is 3. The van der Waals surface area contributed by atoms with E-state index in [-0.39, 0.29) is 16.1 Å². The van der Waals surface area contributed by atoms with Crippen LogP contribution >= 0.6 is 11.6 Å². The molecule has 0 saturated heterocycles. The summed E-state index contributed by atoms with van der Waals surface area (Å²) in [6.45, 7) is 1.41. The van der Waals surface area contributed by atoms with Gasteiger partial charge in [-0.05, 0) is 62.6 Å².